The van der Waals surface area contributed by atoms with Gasteiger partial charge in [-0.05, 0) is 24.6 Å². The molecule has 0 amide bonds. The number of benzene rings is 1. The first-order valence-electron chi connectivity index (χ1n) is 3.80. The number of hydrogen-bond acceptors (Lipinski definition) is 4. The summed E-state index contributed by atoms with van der Waals surface area (Å²) in [4.78, 5) is 9.56. The van der Waals surface area contributed by atoms with Gasteiger partial charge in [0.2, 0.25) is 11.5 Å². The molecule has 1 aromatic carbocycles. The molecule has 0 aliphatic carbocycles. The van der Waals surface area contributed by atoms with Gasteiger partial charge in [-0.25, -0.2) is 0 Å². The standard InChI is InChI=1S/C8H10O4P/c1-6-3-4-7-8(5-6)12-13(9,10-2)11-7/h3-5,9H,1-2H3/q+1. The lowest BCUT2D eigenvalue weighted by Gasteiger charge is -2.02. The molecule has 1 aromatic rings. The Morgan fingerprint density at radius 3 is 2.69 bits per heavy atom. The summed E-state index contributed by atoms with van der Waals surface area (Å²) in [7, 11) is -1.75. The Balaban J connectivity index is 2.35. The Labute approximate surface area is 76.7 Å². The molecule has 70 valence electrons. The van der Waals surface area contributed by atoms with Crippen molar-refractivity contribution in [2.75, 3.05) is 7.11 Å². The smallest absolute Gasteiger partial charge is 0.250 e. The Bertz CT molecular complexity index is 341. The van der Waals surface area contributed by atoms with Crippen molar-refractivity contribution in [3.05, 3.63) is 23.8 Å². The first kappa shape index (κ1) is 8.75. The van der Waals surface area contributed by atoms with Gasteiger partial charge >= 0.3 is 8.17 Å². The number of aryl methyl sites for hydroxylation is 1. The summed E-state index contributed by atoms with van der Waals surface area (Å²) in [6, 6.07) is 5.43. The third-order valence-corrected chi connectivity index (χ3v) is 3.07. The highest BCUT2D eigenvalue weighted by molar-refractivity contribution is 7.56. The van der Waals surface area contributed by atoms with Crippen molar-refractivity contribution in [3.63, 3.8) is 0 Å². The predicted octanol–water partition coefficient (Wildman–Crippen LogP) is 2.08. The van der Waals surface area contributed by atoms with Crippen molar-refractivity contribution in [2.24, 2.45) is 0 Å². The Morgan fingerprint density at radius 1 is 1.31 bits per heavy atom. The van der Waals surface area contributed by atoms with Gasteiger partial charge in [0, 0.05) is 0 Å². The Kier molecular flexibility index (Phi) is 1.91. The van der Waals surface area contributed by atoms with Gasteiger partial charge in [-0.3, -0.25) is 9.05 Å². The third kappa shape index (κ3) is 1.48. The van der Waals surface area contributed by atoms with Crippen molar-refractivity contribution < 1.29 is 18.5 Å². The van der Waals surface area contributed by atoms with E-state index in [9.17, 15) is 4.89 Å². The molecular formula is C8H10O4P+. The molecule has 0 saturated carbocycles. The second-order valence-electron chi connectivity index (χ2n) is 2.78. The molecule has 4 nitrogen and oxygen atoms in total. The van der Waals surface area contributed by atoms with Crippen LogP contribution in [0.4, 0.5) is 0 Å². The van der Waals surface area contributed by atoms with Crippen LogP contribution in [-0.2, 0) is 4.52 Å². The zero-order valence-electron chi connectivity index (χ0n) is 7.35. The first-order chi connectivity index (χ1) is 6.13. The van der Waals surface area contributed by atoms with E-state index in [1.165, 1.54) is 7.11 Å². The third-order valence-electron chi connectivity index (χ3n) is 1.76. The van der Waals surface area contributed by atoms with Crippen LogP contribution >= 0.6 is 8.17 Å². The molecule has 13 heavy (non-hydrogen) atoms. The normalized spacial score (nSPS) is 24.8. The summed E-state index contributed by atoms with van der Waals surface area (Å²) in [6.07, 6.45) is 0. The lowest BCUT2D eigenvalue weighted by atomic mass is 10.2. The van der Waals surface area contributed by atoms with Gasteiger partial charge in [0.15, 0.2) is 0 Å². The number of fused-ring (bicyclic) bond motifs is 1. The van der Waals surface area contributed by atoms with Crippen LogP contribution in [0.15, 0.2) is 18.2 Å². The molecule has 2 rings (SSSR count). The summed E-state index contributed by atoms with van der Waals surface area (Å²) >= 11 is 0. The van der Waals surface area contributed by atoms with Crippen molar-refractivity contribution in [1.29, 1.82) is 0 Å². The largest absolute Gasteiger partial charge is 0.666 e. The summed E-state index contributed by atoms with van der Waals surface area (Å²) in [5, 5.41) is 0. The lowest BCUT2D eigenvalue weighted by molar-refractivity contribution is 0.234. The van der Waals surface area contributed by atoms with Crippen LogP contribution < -0.4 is 9.05 Å². The van der Waals surface area contributed by atoms with E-state index < -0.39 is 8.17 Å². The topological polar surface area (TPSA) is 47.9 Å². The van der Waals surface area contributed by atoms with Gasteiger partial charge in [0.05, 0.1) is 7.11 Å². The molecule has 0 bridgehead atoms. The molecule has 0 radical (unpaired) electrons. The molecule has 1 atom stereocenters. The average Bonchev–Trinajstić information content (AvgIpc) is 2.42. The summed E-state index contributed by atoms with van der Waals surface area (Å²) in [6.45, 7) is 1.94. The number of rotatable bonds is 1. The van der Waals surface area contributed by atoms with Gasteiger partial charge in [0.25, 0.3) is 0 Å². The highest BCUT2D eigenvalue weighted by atomic mass is 31.2. The van der Waals surface area contributed by atoms with E-state index in [-0.39, 0.29) is 0 Å². The van der Waals surface area contributed by atoms with Gasteiger partial charge in [0.1, 0.15) is 0 Å². The predicted molar refractivity (Wildman–Crippen MR) is 48.6 cm³/mol. The van der Waals surface area contributed by atoms with E-state index in [1.54, 1.807) is 12.1 Å². The monoisotopic (exact) mass is 201 g/mol. The maximum absolute atomic E-state index is 9.56. The maximum Gasteiger partial charge on any atom is 0.666 e. The molecular weight excluding hydrogens is 191 g/mol. The maximum atomic E-state index is 9.56. The van der Waals surface area contributed by atoms with Crippen LogP contribution in [0.1, 0.15) is 5.56 Å². The fourth-order valence-electron chi connectivity index (χ4n) is 1.10. The van der Waals surface area contributed by atoms with E-state index in [0.29, 0.717) is 11.5 Å². The average molecular weight is 201 g/mol. The van der Waals surface area contributed by atoms with Gasteiger partial charge in [-0.15, -0.1) is 4.52 Å². The van der Waals surface area contributed by atoms with Crippen molar-refractivity contribution >= 4 is 8.17 Å². The zero-order chi connectivity index (χ0) is 9.47. The molecule has 0 fully saturated rings. The molecule has 1 aliphatic heterocycles. The lowest BCUT2D eigenvalue weighted by Crippen LogP contribution is -2.01. The fraction of sp³-hybridized carbons (Fsp3) is 0.250. The molecule has 5 heteroatoms. The molecule has 0 saturated heterocycles. The van der Waals surface area contributed by atoms with Crippen LogP contribution in [0.25, 0.3) is 0 Å². The van der Waals surface area contributed by atoms with E-state index in [1.807, 2.05) is 13.0 Å². The molecule has 1 N–H and O–H groups in total. The van der Waals surface area contributed by atoms with Crippen LogP contribution in [-0.4, -0.2) is 12.0 Å². The van der Waals surface area contributed by atoms with Crippen LogP contribution in [0.3, 0.4) is 0 Å². The van der Waals surface area contributed by atoms with Crippen LogP contribution in [0.5, 0.6) is 11.5 Å². The quantitative estimate of drug-likeness (QED) is 0.706. The Morgan fingerprint density at radius 2 is 2.00 bits per heavy atom. The van der Waals surface area contributed by atoms with E-state index in [4.69, 9.17) is 13.6 Å². The molecule has 0 aromatic heterocycles. The fourth-order valence-corrected chi connectivity index (χ4v) is 2.08. The summed E-state index contributed by atoms with van der Waals surface area (Å²) < 4.78 is 15.0. The van der Waals surface area contributed by atoms with Crippen LogP contribution in [0, 0.1) is 6.92 Å². The van der Waals surface area contributed by atoms with Crippen LogP contribution in [0.2, 0.25) is 0 Å². The van der Waals surface area contributed by atoms with E-state index in [2.05, 4.69) is 0 Å². The molecule has 1 heterocycles. The minimum atomic E-state index is -3.10. The summed E-state index contributed by atoms with van der Waals surface area (Å²) in [5.41, 5.74) is 1.05. The van der Waals surface area contributed by atoms with Crippen molar-refractivity contribution in [3.8, 4) is 11.5 Å². The van der Waals surface area contributed by atoms with Gasteiger partial charge in [-0.2, -0.15) is 4.89 Å². The van der Waals surface area contributed by atoms with Gasteiger partial charge < -0.3 is 0 Å². The van der Waals surface area contributed by atoms with Crippen molar-refractivity contribution in [1.82, 2.24) is 0 Å². The molecule has 1 aliphatic rings. The Hall–Kier alpha value is -0.830. The highest BCUT2D eigenvalue weighted by Crippen LogP contribution is 2.64. The first-order valence-corrected chi connectivity index (χ1v) is 5.30. The minimum absolute atomic E-state index is 0.531. The molecule has 1 unspecified atom stereocenters. The second-order valence-corrected chi connectivity index (χ2v) is 4.45. The second kappa shape index (κ2) is 2.84. The summed E-state index contributed by atoms with van der Waals surface area (Å²) in [5.74, 6) is 1.07. The van der Waals surface area contributed by atoms with Crippen molar-refractivity contribution in [2.45, 2.75) is 6.92 Å². The highest BCUT2D eigenvalue weighted by Gasteiger charge is 2.53. The SMILES string of the molecule is CO[P+]1(O)Oc2ccc(C)cc2O1. The molecule has 0 spiro atoms. The van der Waals surface area contributed by atoms with E-state index >= 15 is 0 Å². The number of hydrogen-bond donors (Lipinski definition) is 1. The minimum Gasteiger partial charge on any atom is -0.250 e. The van der Waals surface area contributed by atoms with Gasteiger partial charge in [-0.1, -0.05) is 6.07 Å². The van der Waals surface area contributed by atoms with E-state index in [0.717, 1.165) is 5.56 Å². The zero-order valence-corrected chi connectivity index (χ0v) is 8.25.